The van der Waals surface area contributed by atoms with Crippen molar-refractivity contribution in [2.24, 2.45) is 11.1 Å². The molecule has 0 unspecified atom stereocenters. The minimum atomic E-state index is 0.393. The molecule has 0 aromatic carbocycles. The summed E-state index contributed by atoms with van der Waals surface area (Å²) in [6.45, 7) is 5.59. The quantitative estimate of drug-likeness (QED) is 0.753. The first-order valence-electron chi connectivity index (χ1n) is 5.79. The maximum Gasteiger partial charge on any atom is 0.0215 e. The SMILES string of the molecule is CN(C)C1(CCN)CCC(C)(C)CC1. The molecule has 2 nitrogen and oxygen atoms in total. The van der Waals surface area contributed by atoms with E-state index in [1.165, 1.54) is 25.7 Å². The first-order valence-corrected chi connectivity index (χ1v) is 5.79. The molecule has 0 aromatic heterocycles. The van der Waals surface area contributed by atoms with Crippen LogP contribution in [-0.4, -0.2) is 31.1 Å². The average Bonchev–Trinajstić information content (AvgIpc) is 2.09. The molecule has 0 atom stereocenters. The van der Waals surface area contributed by atoms with E-state index in [0.29, 0.717) is 11.0 Å². The lowest BCUT2D eigenvalue weighted by Crippen LogP contribution is -2.49. The van der Waals surface area contributed by atoms with Gasteiger partial charge in [0.2, 0.25) is 0 Å². The molecule has 0 spiro atoms. The van der Waals surface area contributed by atoms with Crippen molar-refractivity contribution >= 4 is 0 Å². The van der Waals surface area contributed by atoms with Gasteiger partial charge < -0.3 is 10.6 Å². The Kier molecular flexibility index (Phi) is 3.59. The Balaban J connectivity index is 2.64. The lowest BCUT2D eigenvalue weighted by Gasteiger charge is -2.47. The summed E-state index contributed by atoms with van der Waals surface area (Å²) in [7, 11) is 4.40. The molecule has 0 radical (unpaired) electrons. The minimum absolute atomic E-state index is 0.393. The van der Waals surface area contributed by atoms with Gasteiger partial charge in [0.05, 0.1) is 0 Å². The van der Waals surface area contributed by atoms with Gasteiger partial charge in [0.15, 0.2) is 0 Å². The van der Waals surface area contributed by atoms with Crippen molar-refractivity contribution in [2.45, 2.75) is 51.5 Å². The van der Waals surface area contributed by atoms with Crippen molar-refractivity contribution in [1.29, 1.82) is 0 Å². The van der Waals surface area contributed by atoms with Crippen LogP contribution in [0.1, 0.15) is 46.0 Å². The van der Waals surface area contributed by atoms with E-state index in [1.54, 1.807) is 0 Å². The molecule has 0 amide bonds. The zero-order valence-electron chi connectivity index (χ0n) is 10.3. The largest absolute Gasteiger partial charge is 0.330 e. The zero-order valence-corrected chi connectivity index (χ0v) is 10.3. The minimum Gasteiger partial charge on any atom is -0.330 e. The van der Waals surface area contributed by atoms with Gasteiger partial charge in [0.1, 0.15) is 0 Å². The number of nitrogens with zero attached hydrogens (tertiary/aromatic N) is 1. The smallest absolute Gasteiger partial charge is 0.0215 e. The molecule has 0 aliphatic heterocycles. The Labute approximate surface area is 88.8 Å². The maximum absolute atomic E-state index is 5.72. The number of hydrogen-bond donors (Lipinski definition) is 1. The zero-order chi connectivity index (χ0) is 10.8. The lowest BCUT2D eigenvalue weighted by atomic mass is 9.68. The third-order valence-corrected chi connectivity index (χ3v) is 4.09. The molecular weight excluding hydrogens is 172 g/mol. The van der Waals surface area contributed by atoms with Crippen molar-refractivity contribution in [2.75, 3.05) is 20.6 Å². The van der Waals surface area contributed by atoms with Crippen LogP contribution in [0.5, 0.6) is 0 Å². The van der Waals surface area contributed by atoms with Crippen LogP contribution < -0.4 is 5.73 Å². The van der Waals surface area contributed by atoms with E-state index in [1.807, 2.05) is 0 Å². The highest BCUT2D eigenvalue weighted by atomic mass is 15.1. The molecule has 1 fully saturated rings. The first kappa shape index (κ1) is 12.0. The van der Waals surface area contributed by atoms with E-state index in [9.17, 15) is 0 Å². The third-order valence-electron chi connectivity index (χ3n) is 4.09. The molecule has 1 aliphatic carbocycles. The maximum atomic E-state index is 5.72. The van der Waals surface area contributed by atoms with E-state index in [2.05, 4.69) is 32.8 Å². The molecule has 2 N–H and O–H groups in total. The van der Waals surface area contributed by atoms with Crippen molar-refractivity contribution < 1.29 is 0 Å². The van der Waals surface area contributed by atoms with Gasteiger partial charge in [-0.25, -0.2) is 0 Å². The summed E-state index contributed by atoms with van der Waals surface area (Å²) in [5.74, 6) is 0. The second-order valence-electron chi connectivity index (χ2n) is 5.82. The normalized spacial score (nSPS) is 25.3. The molecule has 0 aromatic rings. The molecule has 84 valence electrons. The molecule has 1 saturated carbocycles. The summed E-state index contributed by atoms with van der Waals surface area (Å²) < 4.78 is 0. The molecule has 0 bridgehead atoms. The van der Waals surface area contributed by atoms with E-state index >= 15 is 0 Å². The molecule has 14 heavy (non-hydrogen) atoms. The molecule has 2 heteroatoms. The van der Waals surface area contributed by atoms with Gasteiger partial charge in [0, 0.05) is 5.54 Å². The van der Waals surface area contributed by atoms with E-state index in [-0.39, 0.29) is 0 Å². The Morgan fingerprint density at radius 1 is 1.07 bits per heavy atom. The Bertz CT molecular complexity index is 175. The highest BCUT2D eigenvalue weighted by molar-refractivity contribution is 4.95. The molecule has 0 heterocycles. The monoisotopic (exact) mass is 198 g/mol. The second-order valence-corrected chi connectivity index (χ2v) is 5.82. The Morgan fingerprint density at radius 2 is 1.57 bits per heavy atom. The summed E-state index contributed by atoms with van der Waals surface area (Å²) in [6.07, 6.45) is 6.45. The van der Waals surface area contributed by atoms with Gasteiger partial charge >= 0.3 is 0 Å². The van der Waals surface area contributed by atoms with E-state index in [4.69, 9.17) is 5.73 Å². The molecule has 1 aliphatic rings. The average molecular weight is 198 g/mol. The highest BCUT2D eigenvalue weighted by Crippen LogP contribution is 2.43. The van der Waals surface area contributed by atoms with Crippen LogP contribution in [0.2, 0.25) is 0 Å². The summed E-state index contributed by atoms with van der Waals surface area (Å²) in [5, 5.41) is 0. The summed E-state index contributed by atoms with van der Waals surface area (Å²) in [4.78, 5) is 2.40. The predicted octanol–water partition coefficient (Wildman–Crippen LogP) is 2.24. The third kappa shape index (κ3) is 2.48. The fourth-order valence-corrected chi connectivity index (χ4v) is 2.58. The molecule has 0 saturated heterocycles. The molecular formula is C12H26N2. The highest BCUT2D eigenvalue weighted by Gasteiger charge is 2.38. The Hall–Kier alpha value is -0.0800. The number of hydrogen-bond acceptors (Lipinski definition) is 2. The van der Waals surface area contributed by atoms with Gasteiger partial charge in [-0.1, -0.05) is 13.8 Å². The van der Waals surface area contributed by atoms with Crippen LogP contribution in [0.25, 0.3) is 0 Å². The van der Waals surface area contributed by atoms with Crippen LogP contribution >= 0.6 is 0 Å². The summed E-state index contributed by atoms with van der Waals surface area (Å²) >= 11 is 0. The van der Waals surface area contributed by atoms with E-state index in [0.717, 1.165) is 13.0 Å². The standard InChI is InChI=1S/C12H26N2/c1-11(2)5-7-12(8-6-11,9-10-13)14(3)4/h5-10,13H2,1-4H3. The summed E-state index contributed by atoms with van der Waals surface area (Å²) in [6, 6.07) is 0. The first-order chi connectivity index (χ1) is 6.42. The van der Waals surface area contributed by atoms with Crippen molar-refractivity contribution in [3.05, 3.63) is 0 Å². The van der Waals surface area contributed by atoms with Gasteiger partial charge in [-0.3, -0.25) is 0 Å². The van der Waals surface area contributed by atoms with Gasteiger partial charge in [-0.15, -0.1) is 0 Å². The van der Waals surface area contributed by atoms with Gasteiger partial charge in [0.25, 0.3) is 0 Å². The van der Waals surface area contributed by atoms with Crippen molar-refractivity contribution in [3.8, 4) is 0 Å². The van der Waals surface area contributed by atoms with Crippen molar-refractivity contribution in [1.82, 2.24) is 4.90 Å². The fourth-order valence-electron chi connectivity index (χ4n) is 2.58. The summed E-state index contributed by atoms with van der Waals surface area (Å²) in [5.41, 5.74) is 6.67. The van der Waals surface area contributed by atoms with Crippen LogP contribution in [0, 0.1) is 5.41 Å². The lowest BCUT2D eigenvalue weighted by molar-refractivity contribution is 0.0474. The van der Waals surface area contributed by atoms with Gasteiger partial charge in [-0.2, -0.15) is 0 Å². The Morgan fingerprint density at radius 3 is 1.93 bits per heavy atom. The predicted molar refractivity (Wildman–Crippen MR) is 62.3 cm³/mol. The topological polar surface area (TPSA) is 29.3 Å². The van der Waals surface area contributed by atoms with Crippen LogP contribution in [0.15, 0.2) is 0 Å². The number of rotatable bonds is 3. The van der Waals surface area contributed by atoms with Gasteiger partial charge in [-0.05, 0) is 58.2 Å². The van der Waals surface area contributed by atoms with Crippen LogP contribution in [-0.2, 0) is 0 Å². The number of nitrogens with two attached hydrogens (primary N) is 1. The van der Waals surface area contributed by atoms with Crippen molar-refractivity contribution in [3.63, 3.8) is 0 Å². The van der Waals surface area contributed by atoms with Crippen LogP contribution in [0.3, 0.4) is 0 Å². The van der Waals surface area contributed by atoms with Crippen LogP contribution in [0.4, 0.5) is 0 Å². The van der Waals surface area contributed by atoms with E-state index < -0.39 is 0 Å². The molecule has 1 rings (SSSR count). The second kappa shape index (κ2) is 4.19. The fraction of sp³-hybridized carbons (Fsp3) is 1.00.